The van der Waals surface area contributed by atoms with E-state index in [0.29, 0.717) is 12.3 Å². The molecule has 0 aromatic heterocycles. The van der Waals surface area contributed by atoms with Crippen LogP contribution in [0.5, 0.6) is 0 Å². The molecule has 0 fully saturated rings. The number of amides is 1. The van der Waals surface area contributed by atoms with Crippen LogP contribution in [0.15, 0.2) is 11.6 Å². The van der Waals surface area contributed by atoms with Gasteiger partial charge < -0.3 is 4.90 Å². The molecule has 2 heteroatoms. The Kier molecular flexibility index (Phi) is 4.00. The van der Waals surface area contributed by atoms with Crippen molar-refractivity contribution in [1.82, 2.24) is 4.90 Å². The second-order valence-corrected chi connectivity index (χ2v) is 3.72. The number of hydrogen-bond acceptors (Lipinski definition) is 1. The number of hydrogen-bond donors (Lipinski definition) is 0. The van der Waals surface area contributed by atoms with Crippen LogP contribution in [-0.2, 0) is 4.79 Å². The van der Waals surface area contributed by atoms with Crippen LogP contribution < -0.4 is 0 Å². The third-order valence-corrected chi connectivity index (χ3v) is 2.48. The van der Waals surface area contributed by atoms with Crippen molar-refractivity contribution in [2.24, 2.45) is 0 Å². The van der Waals surface area contributed by atoms with E-state index in [2.05, 4.69) is 19.9 Å². The van der Waals surface area contributed by atoms with E-state index >= 15 is 0 Å². The zero-order valence-electron chi connectivity index (χ0n) is 8.68. The molecular weight excluding hydrogens is 162 g/mol. The Morgan fingerprint density at radius 3 is 3.00 bits per heavy atom. The summed E-state index contributed by atoms with van der Waals surface area (Å²) in [7, 11) is 0. The molecule has 0 unspecified atom stereocenters. The van der Waals surface area contributed by atoms with Gasteiger partial charge in [0.15, 0.2) is 0 Å². The molecule has 0 aromatic carbocycles. The maximum Gasteiger partial charge on any atom is 0.222 e. The summed E-state index contributed by atoms with van der Waals surface area (Å²) in [5, 5.41) is 0. The van der Waals surface area contributed by atoms with Gasteiger partial charge >= 0.3 is 0 Å². The Labute approximate surface area is 80.6 Å². The lowest BCUT2D eigenvalue weighted by Crippen LogP contribution is -2.31. The van der Waals surface area contributed by atoms with E-state index in [1.807, 2.05) is 4.90 Å². The third-order valence-electron chi connectivity index (χ3n) is 2.48. The normalized spacial score (nSPS) is 18.0. The van der Waals surface area contributed by atoms with Gasteiger partial charge in [-0.15, -0.1) is 0 Å². The van der Waals surface area contributed by atoms with E-state index in [9.17, 15) is 4.79 Å². The fourth-order valence-electron chi connectivity index (χ4n) is 1.61. The molecule has 0 bridgehead atoms. The first-order valence-corrected chi connectivity index (χ1v) is 5.17. The van der Waals surface area contributed by atoms with Crippen molar-refractivity contribution in [2.75, 3.05) is 13.1 Å². The second kappa shape index (κ2) is 5.05. The van der Waals surface area contributed by atoms with Gasteiger partial charge in [0, 0.05) is 19.5 Å². The SMILES string of the molecule is CCCC(=O)N1CCC=C(C)CC1. The van der Waals surface area contributed by atoms with Gasteiger partial charge in [0.1, 0.15) is 0 Å². The number of nitrogens with zero attached hydrogens (tertiary/aromatic N) is 1. The highest BCUT2D eigenvalue weighted by Gasteiger charge is 2.13. The molecule has 0 aromatic rings. The van der Waals surface area contributed by atoms with E-state index in [0.717, 1.165) is 32.4 Å². The summed E-state index contributed by atoms with van der Waals surface area (Å²) >= 11 is 0. The largest absolute Gasteiger partial charge is 0.342 e. The topological polar surface area (TPSA) is 20.3 Å². The van der Waals surface area contributed by atoms with Gasteiger partial charge in [-0.05, 0) is 26.2 Å². The molecule has 0 N–H and O–H groups in total. The predicted octanol–water partition coefficient (Wildman–Crippen LogP) is 2.36. The smallest absolute Gasteiger partial charge is 0.222 e. The van der Waals surface area contributed by atoms with Crippen molar-refractivity contribution in [1.29, 1.82) is 0 Å². The highest BCUT2D eigenvalue weighted by atomic mass is 16.2. The molecule has 13 heavy (non-hydrogen) atoms. The van der Waals surface area contributed by atoms with Crippen molar-refractivity contribution >= 4 is 5.91 Å². The molecule has 0 spiro atoms. The molecule has 0 radical (unpaired) electrons. The van der Waals surface area contributed by atoms with Gasteiger partial charge in [0.2, 0.25) is 5.91 Å². The van der Waals surface area contributed by atoms with Crippen LogP contribution in [0.1, 0.15) is 39.5 Å². The molecule has 2 nitrogen and oxygen atoms in total. The lowest BCUT2D eigenvalue weighted by molar-refractivity contribution is -0.131. The molecule has 1 heterocycles. The standard InChI is InChI=1S/C11H19NO/c1-3-5-11(13)12-8-4-6-10(2)7-9-12/h6H,3-5,7-9H2,1-2H3. The monoisotopic (exact) mass is 181 g/mol. The summed E-state index contributed by atoms with van der Waals surface area (Å²) in [6.07, 6.45) is 6.00. The van der Waals surface area contributed by atoms with Crippen molar-refractivity contribution in [3.63, 3.8) is 0 Å². The molecule has 74 valence electrons. The van der Waals surface area contributed by atoms with Crippen LogP contribution in [0.4, 0.5) is 0 Å². The first-order valence-electron chi connectivity index (χ1n) is 5.17. The molecule has 0 saturated heterocycles. The summed E-state index contributed by atoms with van der Waals surface area (Å²) in [4.78, 5) is 13.6. The van der Waals surface area contributed by atoms with Gasteiger partial charge in [-0.2, -0.15) is 0 Å². The van der Waals surface area contributed by atoms with E-state index < -0.39 is 0 Å². The summed E-state index contributed by atoms with van der Waals surface area (Å²) in [5.41, 5.74) is 1.42. The van der Waals surface area contributed by atoms with Crippen molar-refractivity contribution in [3.8, 4) is 0 Å². The van der Waals surface area contributed by atoms with Gasteiger partial charge in [0.25, 0.3) is 0 Å². The summed E-state index contributed by atoms with van der Waals surface area (Å²) < 4.78 is 0. The van der Waals surface area contributed by atoms with Gasteiger partial charge in [-0.1, -0.05) is 18.6 Å². The third kappa shape index (κ3) is 3.21. The molecule has 0 saturated carbocycles. The quantitative estimate of drug-likeness (QED) is 0.599. The van der Waals surface area contributed by atoms with Crippen LogP contribution in [0, 0.1) is 0 Å². The lowest BCUT2D eigenvalue weighted by Gasteiger charge is -2.19. The molecule has 1 aliphatic heterocycles. The molecule has 0 atom stereocenters. The Hall–Kier alpha value is -0.790. The highest BCUT2D eigenvalue weighted by molar-refractivity contribution is 5.76. The summed E-state index contributed by atoms with van der Waals surface area (Å²) in [5.74, 6) is 0.325. The van der Waals surface area contributed by atoms with E-state index in [-0.39, 0.29) is 0 Å². The fraction of sp³-hybridized carbons (Fsp3) is 0.727. The lowest BCUT2D eigenvalue weighted by atomic mass is 10.2. The van der Waals surface area contributed by atoms with E-state index in [1.54, 1.807) is 0 Å². The van der Waals surface area contributed by atoms with E-state index in [4.69, 9.17) is 0 Å². The predicted molar refractivity (Wildman–Crippen MR) is 54.5 cm³/mol. The number of carbonyl (C=O) groups is 1. The molecule has 1 aliphatic rings. The minimum atomic E-state index is 0.325. The Bertz CT molecular complexity index is 208. The Balaban J connectivity index is 2.41. The Morgan fingerprint density at radius 2 is 2.31 bits per heavy atom. The molecule has 1 rings (SSSR count). The van der Waals surface area contributed by atoms with Crippen LogP contribution in [0.3, 0.4) is 0 Å². The minimum absolute atomic E-state index is 0.325. The maximum atomic E-state index is 11.6. The first-order chi connectivity index (χ1) is 6.24. The van der Waals surface area contributed by atoms with Crippen LogP contribution in [0.2, 0.25) is 0 Å². The average molecular weight is 181 g/mol. The zero-order valence-corrected chi connectivity index (χ0v) is 8.68. The van der Waals surface area contributed by atoms with Crippen LogP contribution in [0.25, 0.3) is 0 Å². The highest BCUT2D eigenvalue weighted by Crippen LogP contribution is 2.11. The van der Waals surface area contributed by atoms with Crippen LogP contribution in [-0.4, -0.2) is 23.9 Å². The van der Waals surface area contributed by atoms with Crippen LogP contribution >= 0.6 is 0 Å². The molecule has 0 aliphatic carbocycles. The minimum Gasteiger partial charge on any atom is -0.342 e. The molecule has 1 amide bonds. The van der Waals surface area contributed by atoms with E-state index in [1.165, 1.54) is 5.57 Å². The van der Waals surface area contributed by atoms with Crippen molar-refractivity contribution in [3.05, 3.63) is 11.6 Å². The fourth-order valence-corrected chi connectivity index (χ4v) is 1.61. The maximum absolute atomic E-state index is 11.6. The van der Waals surface area contributed by atoms with Crippen molar-refractivity contribution < 1.29 is 4.79 Å². The van der Waals surface area contributed by atoms with Crippen molar-refractivity contribution in [2.45, 2.75) is 39.5 Å². The first kappa shape index (κ1) is 10.3. The number of rotatable bonds is 2. The van der Waals surface area contributed by atoms with Gasteiger partial charge in [-0.3, -0.25) is 4.79 Å². The Morgan fingerprint density at radius 1 is 1.54 bits per heavy atom. The molecular formula is C11H19NO. The summed E-state index contributed by atoms with van der Waals surface area (Å²) in [6, 6.07) is 0. The second-order valence-electron chi connectivity index (χ2n) is 3.72. The summed E-state index contributed by atoms with van der Waals surface area (Å²) in [6.45, 7) is 6.03. The number of carbonyl (C=O) groups excluding carboxylic acids is 1. The van der Waals surface area contributed by atoms with Gasteiger partial charge in [-0.25, -0.2) is 0 Å². The van der Waals surface area contributed by atoms with Gasteiger partial charge in [0.05, 0.1) is 0 Å². The zero-order chi connectivity index (χ0) is 9.68. The average Bonchev–Trinajstić information content (AvgIpc) is 2.30.